The van der Waals surface area contributed by atoms with Crippen LogP contribution in [0.25, 0.3) is 0 Å². The first-order valence-corrected chi connectivity index (χ1v) is 6.42. The van der Waals surface area contributed by atoms with Gasteiger partial charge in [-0.1, -0.05) is 33.6 Å². The Labute approximate surface area is 118 Å². The average molecular weight is 328 g/mol. The largest absolute Gasteiger partial charge is 0.454 e. The van der Waals surface area contributed by atoms with E-state index < -0.39 is 11.6 Å². The zero-order valence-corrected chi connectivity index (χ0v) is 11.8. The molecule has 5 heteroatoms. The summed E-state index contributed by atoms with van der Waals surface area (Å²) >= 11 is 3.10. The van der Waals surface area contributed by atoms with Crippen molar-refractivity contribution in [1.29, 1.82) is 0 Å². The van der Waals surface area contributed by atoms with Crippen LogP contribution < -0.4 is 10.5 Å². The molecule has 0 aromatic heterocycles. The molecule has 0 atom stereocenters. The topological polar surface area (TPSA) is 35.2 Å². The molecule has 0 spiro atoms. The van der Waals surface area contributed by atoms with Crippen LogP contribution in [0.15, 0.2) is 34.8 Å². The summed E-state index contributed by atoms with van der Waals surface area (Å²) < 4.78 is 32.7. The third kappa shape index (κ3) is 3.11. The van der Waals surface area contributed by atoms with Gasteiger partial charge >= 0.3 is 0 Å². The Morgan fingerprint density at radius 3 is 2.58 bits per heavy atom. The van der Waals surface area contributed by atoms with Crippen LogP contribution in [0, 0.1) is 18.6 Å². The highest BCUT2D eigenvalue weighted by Gasteiger charge is 2.13. The lowest BCUT2D eigenvalue weighted by atomic mass is 10.1. The van der Waals surface area contributed by atoms with Crippen molar-refractivity contribution in [3.05, 3.63) is 57.6 Å². The minimum absolute atomic E-state index is 0.176. The van der Waals surface area contributed by atoms with E-state index in [2.05, 4.69) is 15.9 Å². The summed E-state index contributed by atoms with van der Waals surface area (Å²) in [6, 6.07) is 7.78. The summed E-state index contributed by atoms with van der Waals surface area (Å²) in [6.07, 6.45) is 0. The molecule has 2 nitrogen and oxygen atoms in total. The van der Waals surface area contributed by atoms with Crippen LogP contribution in [0.2, 0.25) is 0 Å². The fraction of sp³-hybridized carbons (Fsp3) is 0.143. The van der Waals surface area contributed by atoms with E-state index in [9.17, 15) is 8.78 Å². The molecule has 0 saturated heterocycles. The summed E-state index contributed by atoms with van der Waals surface area (Å²) in [7, 11) is 0. The highest BCUT2D eigenvalue weighted by Crippen LogP contribution is 2.31. The van der Waals surface area contributed by atoms with Crippen molar-refractivity contribution in [2.75, 3.05) is 0 Å². The lowest BCUT2D eigenvalue weighted by Gasteiger charge is -2.12. The molecular formula is C14H12BrF2NO. The Balaban J connectivity index is 2.41. The van der Waals surface area contributed by atoms with Crippen molar-refractivity contribution in [2.45, 2.75) is 13.5 Å². The van der Waals surface area contributed by atoms with E-state index in [1.165, 1.54) is 6.07 Å². The molecule has 0 bridgehead atoms. The SMILES string of the molecule is Cc1ccc(Oc2cc(Br)cc(F)c2F)c(CN)c1. The maximum Gasteiger partial charge on any atom is 0.201 e. The van der Waals surface area contributed by atoms with Crippen LogP contribution in [0.3, 0.4) is 0 Å². The molecule has 0 aliphatic carbocycles. The molecule has 2 N–H and O–H groups in total. The maximum absolute atomic E-state index is 13.6. The van der Waals surface area contributed by atoms with Crippen LogP contribution in [0.4, 0.5) is 8.78 Å². The summed E-state index contributed by atoms with van der Waals surface area (Å²) in [5.74, 6) is -1.74. The summed E-state index contributed by atoms with van der Waals surface area (Å²) in [4.78, 5) is 0. The summed E-state index contributed by atoms with van der Waals surface area (Å²) in [6.45, 7) is 2.18. The van der Waals surface area contributed by atoms with Crippen LogP contribution in [-0.4, -0.2) is 0 Å². The van der Waals surface area contributed by atoms with Crippen molar-refractivity contribution in [3.63, 3.8) is 0 Å². The second kappa shape index (κ2) is 5.67. The number of ether oxygens (including phenoxy) is 1. The van der Waals surface area contributed by atoms with E-state index >= 15 is 0 Å². The van der Waals surface area contributed by atoms with E-state index in [4.69, 9.17) is 10.5 Å². The van der Waals surface area contributed by atoms with Gasteiger partial charge in [0.25, 0.3) is 0 Å². The maximum atomic E-state index is 13.6. The van der Waals surface area contributed by atoms with E-state index in [0.29, 0.717) is 10.2 Å². The van der Waals surface area contributed by atoms with E-state index in [1.807, 2.05) is 19.1 Å². The molecular weight excluding hydrogens is 316 g/mol. The van der Waals surface area contributed by atoms with Crippen LogP contribution >= 0.6 is 15.9 Å². The van der Waals surface area contributed by atoms with Crippen LogP contribution in [0.5, 0.6) is 11.5 Å². The quantitative estimate of drug-likeness (QED) is 0.853. The fourth-order valence-electron chi connectivity index (χ4n) is 1.69. The van der Waals surface area contributed by atoms with Gasteiger partial charge in [0, 0.05) is 16.6 Å². The summed E-state index contributed by atoms with van der Waals surface area (Å²) in [5, 5.41) is 0. The predicted molar refractivity (Wildman–Crippen MR) is 73.2 cm³/mol. The van der Waals surface area contributed by atoms with Crippen molar-refractivity contribution >= 4 is 15.9 Å². The van der Waals surface area contributed by atoms with Gasteiger partial charge in [-0.15, -0.1) is 0 Å². The number of hydrogen-bond acceptors (Lipinski definition) is 2. The molecule has 2 aromatic carbocycles. The monoisotopic (exact) mass is 327 g/mol. The third-order valence-corrected chi connectivity index (χ3v) is 3.07. The lowest BCUT2D eigenvalue weighted by Crippen LogP contribution is -2.01. The van der Waals surface area contributed by atoms with Gasteiger partial charge < -0.3 is 10.5 Å². The van der Waals surface area contributed by atoms with Gasteiger partial charge in [0.1, 0.15) is 5.75 Å². The van der Waals surface area contributed by atoms with E-state index in [1.54, 1.807) is 6.07 Å². The Hall–Kier alpha value is -1.46. The number of halogens is 3. The fourth-order valence-corrected chi connectivity index (χ4v) is 2.10. The van der Waals surface area contributed by atoms with Crippen molar-refractivity contribution in [2.24, 2.45) is 5.73 Å². The summed E-state index contributed by atoms with van der Waals surface area (Å²) in [5.41, 5.74) is 7.37. The normalized spacial score (nSPS) is 10.6. The number of hydrogen-bond donors (Lipinski definition) is 1. The van der Waals surface area contributed by atoms with Crippen molar-refractivity contribution in [3.8, 4) is 11.5 Å². The molecule has 2 rings (SSSR count). The molecule has 2 aromatic rings. The zero-order chi connectivity index (χ0) is 14.0. The number of benzene rings is 2. The number of rotatable bonds is 3. The Kier molecular flexibility index (Phi) is 4.17. The Bertz CT molecular complexity index is 617. The van der Waals surface area contributed by atoms with Gasteiger partial charge in [0.2, 0.25) is 5.82 Å². The smallest absolute Gasteiger partial charge is 0.201 e. The van der Waals surface area contributed by atoms with Crippen molar-refractivity contribution < 1.29 is 13.5 Å². The minimum atomic E-state index is -1.02. The molecule has 0 amide bonds. The molecule has 0 unspecified atom stereocenters. The van der Waals surface area contributed by atoms with Crippen LogP contribution in [0.1, 0.15) is 11.1 Å². The second-order valence-corrected chi connectivity index (χ2v) is 5.03. The molecule has 100 valence electrons. The Morgan fingerprint density at radius 1 is 1.16 bits per heavy atom. The molecule has 0 aliphatic rings. The first-order chi connectivity index (χ1) is 9.01. The van der Waals surface area contributed by atoms with E-state index in [0.717, 1.165) is 17.2 Å². The second-order valence-electron chi connectivity index (χ2n) is 4.12. The molecule has 0 saturated carbocycles. The van der Waals surface area contributed by atoms with Gasteiger partial charge in [-0.3, -0.25) is 0 Å². The van der Waals surface area contributed by atoms with Gasteiger partial charge in [-0.2, -0.15) is 4.39 Å². The van der Waals surface area contributed by atoms with E-state index in [-0.39, 0.29) is 12.3 Å². The van der Waals surface area contributed by atoms with Crippen molar-refractivity contribution in [1.82, 2.24) is 0 Å². The first-order valence-electron chi connectivity index (χ1n) is 5.63. The van der Waals surface area contributed by atoms with Gasteiger partial charge in [-0.05, 0) is 25.1 Å². The molecule has 0 radical (unpaired) electrons. The van der Waals surface area contributed by atoms with Gasteiger partial charge in [0.15, 0.2) is 11.6 Å². The number of nitrogens with two attached hydrogens (primary N) is 1. The third-order valence-electron chi connectivity index (χ3n) is 2.62. The highest BCUT2D eigenvalue weighted by atomic mass is 79.9. The zero-order valence-electron chi connectivity index (χ0n) is 10.2. The van der Waals surface area contributed by atoms with Crippen LogP contribution in [-0.2, 0) is 6.54 Å². The van der Waals surface area contributed by atoms with Gasteiger partial charge in [0.05, 0.1) is 0 Å². The first kappa shape index (κ1) is 14.0. The molecule has 19 heavy (non-hydrogen) atoms. The molecule has 0 fully saturated rings. The predicted octanol–water partition coefficient (Wildman–Crippen LogP) is 4.29. The number of aryl methyl sites for hydroxylation is 1. The standard InChI is InChI=1S/C14H12BrF2NO/c1-8-2-3-12(9(4-8)7-18)19-13-6-10(15)5-11(16)14(13)17/h2-6H,7,18H2,1H3. The Morgan fingerprint density at radius 2 is 1.89 bits per heavy atom. The lowest BCUT2D eigenvalue weighted by molar-refractivity contribution is 0.412. The average Bonchev–Trinajstić information content (AvgIpc) is 2.37. The highest BCUT2D eigenvalue weighted by molar-refractivity contribution is 9.10. The molecule has 0 aliphatic heterocycles. The van der Waals surface area contributed by atoms with Gasteiger partial charge in [-0.25, -0.2) is 4.39 Å². The molecule has 0 heterocycles. The minimum Gasteiger partial charge on any atom is -0.454 e.